The zero-order valence-electron chi connectivity index (χ0n) is 12.0. The Kier molecular flexibility index (Phi) is 2.88. The highest BCUT2D eigenvalue weighted by Crippen LogP contribution is 2.35. The lowest BCUT2D eigenvalue weighted by molar-refractivity contribution is 0.673. The first-order chi connectivity index (χ1) is 10.2. The molecule has 0 radical (unpaired) electrons. The highest BCUT2D eigenvalue weighted by Gasteiger charge is 2.32. The van der Waals surface area contributed by atoms with Crippen molar-refractivity contribution < 1.29 is 0 Å². The Hall–Kier alpha value is -2.02. The van der Waals surface area contributed by atoms with Gasteiger partial charge in [-0.1, -0.05) is 11.3 Å². The van der Waals surface area contributed by atoms with Crippen molar-refractivity contribution >= 4 is 27.5 Å². The summed E-state index contributed by atoms with van der Waals surface area (Å²) in [6.45, 7) is 2.82. The SMILES string of the molecule is Cc1nc2c(N(Cc3ccnn3C)C3CC3)ncnc2s1. The summed E-state index contributed by atoms with van der Waals surface area (Å²) in [5, 5.41) is 5.28. The Morgan fingerprint density at radius 1 is 1.38 bits per heavy atom. The molecule has 21 heavy (non-hydrogen) atoms. The molecule has 3 heterocycles. The number of hydrogen-bond donors (Lipinski definition) is 0. The van der Waals surface area contributed by atoms with Crippen molar-refractivity contribution in [3.05, 3.63) is 29.3 Å². The third-order valence-corrected chi connectivity index (χ3v) is 4.68. The van der Waals surface area contributed by atoms with Crippen molar-refractivity contribution in [2.45, 2.75) is 32.4 Å². The van der Waals surface area contributed by atoms with Crippen molar-refractivity contribution in [1.29, 1.82) is 0 Å². The van der Waals surface area contributed by atoms with E-state index < -0.39 is 0 Å². The van der Waals surface area contributed by atoms with Crippen LogP contribution in [-0.4, -0.2) is 30.8 Å². The Labute approximate surface area is 126 Å². The van der Waals surface area contributed by atoms with E-state index in [1.807, 2.05) is 24.9 Å². The van der Waals surface area contributed by atoms with Gasteiger partial charge in [-0.05, 0) is 25.8 Å². The van der Waals surface area contributed by atoms with Crippen LogP contribution >= 0.6 is 11.3 Å². The topological polar surface area (TPSA) is 59.7 Å². The van der Waals surface area contributed by atoms with Crippen molar-refractivity contribution in [3.8, 4) is 0 Å². The zero-order chi connectivity index (χ0) is 14.4. The van der Waals surface area contributed by atoms with E-state index in [9.17, 15) is 0 Å². The molecule has 108 valence electrons. The molecular formula is C14H16N6S. The predicted molar refractivity (Wildman–Crippen MR) is 82.4 cm³/mol. The van der Waals surface area contributed by atoms with Crippen molar-refractivity contribution in [2.75, 3.05) is 4.90 Å². The average Bonchev–Trinajstić information content (AvgIpc) is 3.11. The lowest BCUT2D eigenvalue weighted by Crippen LogP contribution is -2.27. The summed E-state index contributed by atoms with van der Waals surface area (Å²) in [5.41, 5.74) is 2.11. The molecule has 1 fully saturated rings. The second kappa shape index (κ2) is 4.77. The molecule has 0 spiro atoms. The second-order valence-electron chi connectivity index (χ2n) is 5.39. The summed E-state index contributed by atoms with van der Waals surface area (Å²) in [6.07, 6.45) is 5.91. The fourth-order valence-corrected chi connectivity index (χ4v) is 3.30. The number of fused-ring (bicyclic) bond motifs is 1. The van der Waals surface area contributed by atoms with Gasteiger partial charge in [0.2, 0.25) is 0 Å². The van der Waals surface area contributed by atoms with Gasteiger partial charge in [-0.15, -0.1) is 0 Å². The van der Waals surface area contributed by atoms with Gasteiger partial charge in [-0.25, -0.2) is 15.0 Å². The molecule has 3 aromatic rings. The molecule has 0 saturated heterocycles. The van der Waals surface area contributed by atoms with Gasteiger partial charge in [0.25, 0.3) is 0 Å². The molecule has 4 rings (SSSR count). The van der Waals surface area contributed by atoms with E-state index in [0.29, 0.717) is 6.04 Å². The quantitative estimate of drug-likeness (QED) is 0.740. The molecular weight excluding hydrogens is 284 g/mol. The van der Waals surface area contributed by atoms with Crippen LogP contribution in [0.15, 0.2) is 18.6 Å². The molecule has 1 saturated carbocycles. The third kappa shape index (κ3) is 2.27. The van der Waals surface area contributed by atoms with E-state index in [-0.39, 0.29) is 0 Å². The second-order valence-corrected chi connectivity index (χ2v) is 6.57. The molecule has 3 aromatic heterocycles. The molecule has 0 bridgehead atoms. The maximum atomic E-state index is 4.63. The standard InChI is InChI=1S/C14H16N6S/c1-9-18-12-13(15-8-16-14(12)21-9)20(10-3-4-10)7-11-5-6-17-19(11)2/h5-6,8,10H,3-4,7H2,1-2H3. The Morgan fingerprint density at radius 3 is 2.95 bits per heavy atom. The van der Waals surface area contributed by atoms with Crippen LogP contribution in [0.4, 0.5) is 5.82 Å². The molecule has 6 nitrogen and oxygen atoms in total. The molecule has 0 atom stereocenters. The van der Waals surface area contributed by atoms with Gasteiger partial charge in [0, 0.05) is 19.3 Å². The summed E-state index contributed by atoms with van der Waals surface area (Å²) in [7, 11) is 1.98. The van der Waals surface area contributed by atoms with E-state index in [2.05, 4.69) is 31.0 Å². The number of rotatable bonds is 4. The monoisotopic (exact) mass is 300 g/mol. The van der Waals surface area contributed by atoms with Gasteiger partial charge in [0.15, 0.2) is 5.82 Å². The number of anilines is 1. The number of thiazole rings is 1. The first-order valence-electron chi connectivity index (χ1n) is 7.04. The molecule has 7 heteroatoms. The highest BCUT2D eigenvalue weighted by molar-refractivity contribution is 7.18. The molecule has 1 aliphatic carbocycles. The first kappa shape index (κ1) is 12.7. The lowest BCUT2D eigenvalue weighted by Gasteiger charge is -2.23. The van der Waals surface area contributed by atoms with Gasteiger partial charge in [-0.3, -0.25) is 4.68 Å². The lowest BCUT2D eigenvalue weighted by atomic mass is 10.3. The van der Waals surface area contributed by atoms with Crippen LogP contribution in [-0.2, 0) is 13.6 Å². The highest BCUT2D eigenvalue weighted by atomic mass is 32.1. The summed E-state index contributed by atoms with van der Waals surface area (Å²) >= 11 is 1.62. The molecule has 0 aliphatic heterocycles. The van der Waals surface area contributed by atoms with Crippen LogP contribution in [0.2, 0.25) is 0 Å². The fraction of sp³-hybridized carbons (Fsp3) is 0.429. The number of nitrogens with zero attached hydrogens (tertiary/aromatic N) is 6. The Balaban J connectivity index is 1.77. The van der Waals surface area contributed by atoms with Crippen LogP contribution < -0.4 is 4.90 Å². The molecule has 0 amide bonds. The maximum Gasteiger partial charge on any atom is 0.160 e. The first-order valence-corrected chi connectivity index (χ1v) is 7.85. The molecule has 0 N–H and O–H groups in total. The minimum absolute atomic E-state index is 0.556. The van der Waals surface area contributed by atoms with Crippen molar-refractivity contribution in [2.24, 2.45) is 7.05 Å². The smallest absolute Gasteiger partial charge is 0.160 e. The van der Waals surface area contributed by atoms with Gasteiger partial charge in [-0.2, -0.15) is 5.10 Å². The van der Waals surface area contributed by atoms with E-state index in [0.717, 1.165) is 27.7 Å². The maximum absolute atomic E-state index is 4.63. The summed E-state index contributed by atoms with van der Waals surface area (Å²) in [6, 6.07) is 2.61. The van der Waals surface area contributed by atoms with Gasteiger partial charge < -0.3 is 4.90 Å². The fourth-order valence-electron chi connectivity index (χ4n) is 2.55. The van der Waals surface area contributed by atoms with E-state index >= 15 is 0 Å². The third-order valence-electron chi connectivity index (χ3n) is 3.80. The zero-order valence-corrected chi connectivity index (χ0v) is 12.8. The van der Waals surface area contributed by atoms with Crippen LogP contribution in [0.1, 0.15) is 23.5 Å². The van der Waals surface area contributed by atoms with Gasteiger partial charge in [0.05, 0.1) is 17.2 Å². The average molecular weight is 300 g/mol. The summed E-state index contributed by atoms with van der Waals surface area (Å²) in [4.78, 5) is 16.8. The number of hydrogen-bond acceptors (Lipinski definition) is 6. The number of aryl methyl sites for hydroxylation is 2. The van der Waals surface area contributed by atoms with Crippen LogP contribution in [0.5, 0.6) is 0 Å². The van der Waals surface area contributed by atoms with Crippen LogP contribution in [0.3, 0.4) is 0 Å². The van der Waals surface area contributed by atoms with Gasteiger partial charge >= 0.3 is 0 Å². The molecule has 0 aromatic carbocycles. The van der Waals surface area contributed by atoms with E-state index in [1.165, 1.54) is 18.5 Å². The Morgan fingerprint density at radius 2 is 2.24 bits per heavy atom. The van der Waals surface area contributed by atoms with E-state index in [1.54, 1.807) is 17.7 Å². The van der Waals surface area contributed by atoms with Crippen molar-refractivity contribution in [1.82, 2.24) is 24.7 Å². The van der Waals surface area contributed by atoms with Crippen molar-refractivity contribution in [3.63, 3.8) is 0 Å². The minimum Gasteiger partial charge on any atom is -0.346 e. The normalized spacial score (nSPS) is 14.8. The molecule has 1 aliphatic rings. The largest absolute Gasteiger partial charge is 0.346 e. The summed E-state index contributed by atoms with van der Waals surface area (Å²) in [5.74, 6) is 0.952. The minimum atomic E-state index is 0.556. The predicted octanol–water partition coefficient (Wildman–Crippen LogP) is 2.30. The summed E-state index contributed by atoms with van der Waals surface area (Å²) < 4.78 is 1.92. The molecule has 0 unspecified atom stereocenters. The number of aromatic nitrogens is 5. The van der Waals surface area contributed by atoms with Crippen LogP contribution in [0.25, 0.3) is 10.3 Å². The van der Waals surface area contributed by atoms with E-state index in [4.69, 9.17) is 0 Å². The van der Waals surface area contributed by atoms with Gasteiger partial charge in [0.1, 0.15) is 16.7 Å². The van der Waals surface area contributed by atoms with Crippen LogP contribution in [0, 0.1) is 6.92 Å². The Bertz CT molecular complexity index is 788.